The fraction of sp³-hybridized carbons (Fsp3) is 0.312. The number of aromatic nitrogens is 1. The van der Waals surface area contributed by atoms with Gasteiger partial charge < -0.3 is 9.72 Å². The molecule has 110 valence electrons. The SMILES string of the molecule is Cc1cc(Cl)c2c(c1)CN(Cc1c[nH]ccc1=O)CCO2. The van der Waals surface area contributed by atoms with Gasteiger partial charge >= 0.3 is 0 Å². The number of halogens is 1. The maximum absolute atomic E-state index is 11.8. The normalized spacial score (nSPS) is 15.1. The van der Waals surface area contributed by atoms with Crippen LogP contribution in [-0.4, -0.2) is 23.0 Å². The smallest absolute Gasteiger partial charge is 0.186 e. The number of hydrogen-bond donors (Lipinski definition) is 1. The molecule has 0 atom stereocenters. The maximum atomic E-state index is 11.8. The first-order valence-corrected chi connectivity index (χ1v) is 7.31. The number of aromatic amines is 1. The van der Waals surface area contributed by atoms with Crippen LogP contribution in [0.5, 0.6) is 5.75 Å². The molecule has 0 unspecified atom stereocenters. The molecule has 1 aliphatic rings. The number of nitrogens with one attached hydrogen (secondary N) is 1. The molecular formula is C16H17ClN2O2. The van der Waals surface area contributed by atoms with Crippen LogP contribution < -0.4 is 10.2 Å². The highest BCUT2D eigenvalue weighted by molar-refractivity contribution is 6.32. The average Bonchev–Trinajstić information content (AvgIpc) is 2.63. The van der Waals surface area contributed by atoms with Crippen molar-refractivity contribution >= 4 is 11.6 Å². The summed E-state index contributed by atoms with van der Waals surface area (Å²) in [4.78, 5) is 17.0. The van der Waals surface area contributed by atoms with Gasteiger partial charge in [-0.25, -0.2) is 0 Å². The van der Waals surface area contributed by atoms with E-state index in [1.165, 1.54) is 0 Å². The number of pyridine rings is 1. The molecule has 0 bridgehead atoms. The summed E-state index contributed by atoms with van der Waals surface area (Å²) in [5.41, 5.74) is 3.01. The zero-order chi connectivity index (χ0) is 14.8. The predicted octanol–water partition coefficient (Wildman–Crippen LogP) is 2.73. The number of nitrogens with zero attached hydrogens (tertiary/aromatic N) is 1. The van der Waals surface area contributed by atoms with E-state index >= 15 is 0 Å². The lowest BCUT2D eigenvalue weighted by Gasteiger charge is -2.19. The van der Waals surface area contributed by atoms with Crippen LogP contribution in [-0.2, 0) is 13.1 Å². The van der Waals surface area contributed by atoms with Gasteiger partial charge in [-0.2, -0.15) is 0 Å². The first kappa shape index (κ1) is 14.2. The van der Waals surface area contributed by atoms with Gasteiger partial charge in [0.05, 0.1) is 5.02 Å². The summed E-state index contributed by atoms with van der Waals surface area (Å²) in [5.74, 6) is 0.770. The zero-order valence-electron chi connectivity index (χ0n) is 11.9. The molecule has 5 heteroatoms. The quantitative estimate of drug-likeness (QED) is 0.928. The fourth-order valence-electron chi connectivity index (χ4n) is 2.63. The second-order valence-corrected chi connectivity index (χ2v) is 5.74. The van der Waals surface area contributed by atoms with Gasteiger partial charge in [-0.15, -0.1) is 0 Å². The fourth-order valence-corrected chi connectivity index (χ4v) is 2.97. The first-order chi connectivity index (χ1) is 10.1. The predicted molar refractivity (Wildman–Crippen MR) is 82.9 cm³/mol. The Labute approximate surface area is 128 Å². The van der Waals surface area contributed by atoms with Gasteiger partial charge in [-0.1, -0.05) is 17.7 Å². The molecule has 21 heavy (non-hydrogen) atoms. The molecule has 1 N–H and O–H groups in total. The lowest BCUT2D eigenvalue weighted by atomic mass is 10.1. The Morgan fingerprint density at radius 2 is 2.29 bits per heavy atom. The highest BCUT2D eigenvalue weighted by atomic mass is 35.5. The molecule has 0 saturated carbocycles. The van der Waals surface area contributed by atoms with Crippen molar-refractivity contribution in [3.8, 4) is 5.75 Å². The summed E-state index contributed by atoms with van der Waals surface area (Å²) >= 11 is 6.25. The van der Waals surface area contributed by atoms with Crippen molar-refractivity contribution in [3.05, 3.63) is 62.5 Å². The third-order valence-corrected chi connectivity index (χ3v) is 3.89. The molecule has 1 aliphatic heterocycles. The Bertz CT molecular complexity index is 712. The van der Waals surface area contributed by atoms with Crippen molar-refractivity contribution in [1.82, 2.24) is 9.88 Å². The summed E-state index contributed by atoms with van der Waals surface area (Å²) in [7, 11) is 0. The molecule has 1 aromatic carbocycles. The Balaban J connectivity index is 1.86. The lowest BCUT2D eigenvalue weighted by molar-refractivity contribution is 0.219. The van der Waals surface area contributed by atoms with Crippen LogP contribution in [0.1, 0.15) is 16.7 Å². The monoisotopic (exact) mass is 304 g/mol. The Morgan fingerprint density at radius 1 is 1.43 bits per heavy atom. The van der Waals surface area contributed by atoms with Crippen LogP contribution in [0.25, 0.3) is 0 Å². The van der Waals surface area contributed by atoms with Crippen LogP contribution in [0, 0.1) is 6.92 Å². The van der Waals surface area contributed by atoms with Gasteiger partial charge in [0.15, 0.2) is 5.43 Å². The van der Waals surface area contributed by atoms with Gasteiger partial charge in [0.2, 0.25) is 0 Å². The van der Waals surface area contributed by atoms with Crippen LogP contribution in [0.4, 0.5) is 0 Å². The summed E-state index contributed by atoms with van der Waals surface area (Å²) in [6.45, 7) is 4.68. The number of ether oxygens (including phenoxy) is 1. The second kappa shape index (κ2) is 5.92. The summed E-state index contributed by atoms with van der Waals surface area (Å²) in [6.07, 6.45) is 3.41. The molecule has 3 rings (SSSR count). The number of hydrogen-bond acceptors (Lipinski definition) is 3. The van der Waals surface area contributed by atoms with E-state index in [9.17, 15) is 4.79 Å². The number of benzene rings is 1. The van der Waals surface area contributed by atoms with Crippen molar-refractivity contribution in [2.24, 2.45) is 0 Å². The van der Waals surface area contributed by atoms with Crippen LogP contribution in [0.3, 0.4) is 0 Å². The van der Waals surface area contributed by atoms with E-state index in [-0.39, 0.29) is 5.43 Å². The van der Waals surface area contributed by atoms with Crippen molar-refractivity contribution in [3.63, 3.8) is 0 Å². The molecule has 0 fully saturated rings. The van der Waals surface area contributed by atoms with Crippen molar-refractivity contribution in [2.45, 2.75) is 20.0 Å². The third kappa shape index (κ3) is 3.12. The molecule has 2 heterocycles. The number of rotatable bonds is 2. The molecule has 2 aromatic rings. The minimum atomic E-state index is 0.0569. The van der Waals surface area contributed by atoms with Gasteiger partial charge in [0, 0.05) is 49.2 Å². The summed E-state index contributed by atoms with van der Waals surface area (Å²) in [5, 5.41) is 0.657. The molecule has 0 saturated heterocycles. The molecule has 4 nitrogen and oxygen atoms in total. The van der Waals surface area contributed by atoms with Crippen molar-refractivity contribution < 1.29 is 4.74 Å². The molecule has 0 aliphatic carbocycles. The summed E-state index contributed by atoms with van der Waals surface area (Å²) < 4.78 is 5.77. The molecule has 1 aromatic heterocycles. The molecule has 0 amide bonds. The van der Waals surface area contributed by atoms with Gasteiger partial charge in [0.1, 0.15) is 12.4 Å². The first-order valence-electron chi connectivity index (χ1n) is 6.93. The second-order valence-electron chi connectivity index (χ2n) is 5.33. The lowest BCUT2D eigenvalue weighted by Crippen LogP contribution is -2.27. The average molecular weight is 305 g/mol. The molecular weight excluding hydrogens is 288 g/mol. The topological polar surface area (TPSA) is 45.3 Å². The van der Waals surface area contributed by atoms with Gasteiger partial charge in [-0.3, -0.25) is 9.69 Å². The Kier molecular flexibility index (Phi) is 3.99. The van der Waals surface area contributed by atoms with E-state index in [1.54, 1.807) is 18.5 Å². The zero-order valence-corrected chi connectivity index (χ0v) is 12.6. The van der Waals surface area contributed by atoms with E-state index in [2.05, 4.69) is 16.0 Å². The van der Waals surface area contributed by atoms with E-state index in [0.717, 1.165) is 35.5 Å². The van der Waals surface area contributed by atoms with Crippen LogP contribution in [0.15, 0.2) is 35.4 Å². The minimum Gasteiger partial charge on any atom is -0.490 e. The molecule has 0 spiro atoms. The van der Waals surface area contributed by atoms with Crippen LogP contribution in [0.2, 0.25) is 5.02 Å². The third-order valence-electron chi connectivity index (χ3n) is 3.61. The molecule has 0 radical (unpaired) electrons. The largest absolute Gasteiger partial charge is 0.490 e. The number of H-pyrrole nitrogens is 1. The van der Waals surface area contributed by atoms with Crippen LogP contribution >= 0.6 is 11.6 Å². The Morgan fingerprint density at radius 3 is 3.10 bits per heavy atom. The van der Waals surface area contributed by atoms with Crippen molar-refractivity contribution in [1.29, 1.82) is 0 Å². The maximum Gasteiger partial charge on any atom is 0.186 e. The summed E-state index contributed by atoms with van der Waals surface area (Å²) in [6, 6.07) is 5.56. The number of aryl methyl sites for hydroxylation is 1. The standard InChI is InChI=1S/C16H17ClN2O2/c1-11-6-12-9-19(4-5-21-16(12)14(17)7-11)10-13-8-18-3-2-15(13)20/h2-3,6-8H,4-5,9-10H2,1H3,(H,18,20). The van der Waals surface area contributed by atoms with E-state index in [4.69, 9.17) is 16.3 Å². The minimum absolute atomic E-state index is 0.0569. The van der Waals surface area contributed by atoms with Gasteiger partial charge in [-0.05, 0) is 18.6 Å². The van der Waals surface area contributed by atoms with E-state index in [1.807, 2.05) is 13.0 Å². The highest BCUT2D eigenvalue weighted by Gasteiger charge is 2.19. The Hall–Kier alpha value is -1.78. The van der Waals surface area contributed by atoms with E-state index < -0.39 is 0 Å². The number of fused-ring (bicyclic) bond motifs is 1. The van der Waals surface area contributed by atoms with Crippen molar-refractivity contribution in [2.75, 3.05) is 13.2 Å². The van der Waals surface area contributed by atoms with E-state index in [0.29, 0.717) is 18.2 Å². The highest BCUT2D eigenvalue weighted by Crippen LogP contribution is 2.32. The van der Waals surface area contributed by atoms with Gasteiger partial charge in [0.25, 0.3) is 0 Å².